The van der Waals surface area contributed by atoms with Crippen molar-refractivity contribution in [1.29, 1.82) is 0 Å². The van der Waals surface area contributed by atoms with Crippen molar-refractivity contribution in [3.05, 3.63) is 30.4 Å². The molecule has 2 unspecified atom stereocenters. The quantitative estimate of drug-likeness (QED) is 0.379. The fraction of sp³-hybridized carbons (Fsp3) is 0.619. The van der Waals surface area contributed by atoms with E-state index in [0.29, 0.717) is 30.0 Å². The van der Waals surface area contributed by atoms with Crippen LogP contribution in [0.2, 0.25) is 0 Å². The molecule has 162 valence electrons. The number of nitrogens with two attached hydrogens (primary N) is 2. The molecular weight excluding hydrogens is 370 g/mol. The van der Waals surface area contributed by atoms with Gasteiger partial charge in [-0.15, -0.1) is 0 Å². The van der Waals surface area contributed by atoms with Gasteiger partial charge in [0.2, 0.25) is 12.3 Å². The first-order chi connectivity index (χ1) is 14.0. The van der Waals surface area contributed by atoms with Crippen molar-refractivity contribution in [1.82, 2.24) is 15.2 Å². The summed E-state index contributed by atoms with van der Waals surface area (Å²) in [5.74, 6) is 7.37. The summed E-state index contributed by atoms with van der Waals surface area (Å²) in [5, 5.41) is 4.26. The Hall–Kier alpha value is -2.48. The first-order valence-electron chi connectivity index (χ1n) is 10.4. The molecule has 5 N–H and O–H groups in total. The predicted molar refractivity (Wildman–Crippen MR) is 113 cm³/mol. The predicted octanol–water partition coefficient (Wildman–Crippen LogP) is 2.03. The highest BCUT2D eigenvalue weighted by Gasteiger charge is 2.28. The normalized spacial score (nSPS) is 21.1. The lowest BCUT2D eigenvalue weighted by Gasteiger charge is -2.33. The highest BCUT2D eigenvalue weighted by molar-refractivity contribution is 5.83. The molecule has 2 atom stereocenters. The van der Waals surface area contributed by atoms with Crippen LogP contribution in [0, 0.1) is 5.92 Å². The molecule has 1 aromatic rings. The van der Waals surface area contributed by atoms with E-state index in [1.807, 2.05) is 12.1 Å². The zero-order chi connectivity index (χ0) is 21.2. The summed E-state index contributed by atoms with van der Waals surface area (Å²) in [7, 11) is 1.59. The Labute approximate surface area is 173 Å². The Morgan fingerprint density at radius 2 is 2.03 bits per heavy atom. The highest BCUT2D eigenvalue weighted by Crippen LogP contribution is 2.28. The number of nitrogens with one attached hydrogen (secondary N) is 1. The minimum absolute atomic E-state index is 0.0606. The second kappa shape index (κ2) is 11.5. The standard InChI is InChI=1S/C14H23N3O.C7H12N2O2/c1-11(12-6-3-2-4-7-12)17(16)10-13(15)14-8-5-9-18-14;1-8-7(11)6-3-2-4-9(6)5-10/h5,8-12H,2-4,6-7,15-16H2,1H3;5-6H,2-4H2,1H3,(H,8,11)/b13-10-;. The third-order valence-electron chi connectivity index (χ3n) is 5.87. The van der Waals surface area contributed by atoms with Crippen LogP contribution >= 0.6 is 0 Å². The van der Waals surface area contributed by atoms with E-state index in [1.54, 1.807) is 29.4 Å². The zero-order valence-corrected chi connectivity index (χ0v) is 17.5. The van der Waals surface area contributed by atoms with Gasteiger partial charge in [-0.25, -0.2) is 5.84 Å². The van der Waals surface area contributed by atoms with E-state index in [-0.39, 0.29) is 11.9 Å². The maximum Gasteiger partial charge on any atom is 0.242 e. The summed E-state index contributed by atoms with van der Waals surface area (Å²) >= 11 is 0. The molecule has 8 heteroatoms. The third-order valence-corrected chi connectivity index (χ3v) is 5.87. The van der Waals surface area contributed by atoms with E-state index in [4.69, 9.17) is 16.0 Å². The minimum atomic E-state index is -0.225. The number of rotatable bonds is 6. The van der Waals surface area contributed by atoms with Crippen molar-refractivity contribution in [3.8, 4) is 0 Å². The Morgan fingerprint density at radius 1 is 1.31 bits per heavy atom. The molecule has 0 spiro atoms. The molecule has 0 bridgehead atoms. The number of carbonyl (C=O) groups excluding carboxylic acids is 2. The summed E-state index contributed by atoms with van der Waals surface area (Å²) < 4.78 is 5.25. The molecule has 29 heavy (non-hydrogen) atoms. The number of amides is 2. The number of carbonyl (C=O) groups is 2. The maximum absolute atomic E-state index is 11.1. The number of hydrogen-bond acceptors (Lipinski definition) is 6. The van der Waals surface area contributed by atoms with Crippen LogP contribution < -0.4 is 16.9 Å². The molecule has 1 aromatic heterocycles. The molecule has 1 aliphatic heterocycles. The molecule has 2 aliphatic rings. The lowest BCUT2D eigenvalue weighted by molar-refractivity contribution is -0.130. The second-order valence-electron chi connectivity index (χ2n) is 7.76. The molecule has 3 rings (SSSR count). The molecular formula is C21H35N5O3. The van der Waals surface area contributed by atoms with Crippen LogP contribution in [0.4, 0.5) is 0 Å². The summed E-state index contributed by atoms with van der Waals surface area (Å²) in [5.41, 5.74) is 6.53. The van der Waals surface area contributed by atoms with Crippen molar-refractivity contribution in [3.63, 3.8) is 0 Å². The topological polar surface area (TPSA) is 118 Å². The molecule has 1 saturated carbocycles. The highest BCUT2D eigenvalue weighted by atomic mass is 16.3. The van der Waals surface area contributed by atoms with Crippen LogP contribution in [0.5, 0.6) is 0 Å². The third kappa shape index (κ3) is 6.52. The van der Waals surface area contributed by atoms with E-state index >= 15 is 0 Å². The molecule has 8 nitrogen and oxygen atoms in total. The Bertz CT molecular complexity index is 655. The number of furan rings is 1. The second-order valence-corrected chi connectivity index (χ2v) is 7.76. The average Bonchev–Trinajstić information content (AvgIpc) is 3.45. The van der Waals surface area contributed by atoms with E-state index in [0.717, 1.165) is 19.3 Å². The molecule has 1 saturated heterocycles. The summed E-state index contributed by atoms with van der Waals surface area (Å²) in [4.78, 5) is 23.0. The maximum atomic E-state index is 11.1. The fourth-order valence-corrected chi connectivity index (χ4v) is 4.01. The molecule has 0 aromatic carbocycles. The summed E-state index contributed by atoms with van der Waals surface area (Å²) in [6, 6.07) is 3.75. The molecule has 2 fully saturated rings. The van der Waals surface area contributed by atoms with Crippen molar-refractivity contribution >= 4 is 18.0 Å². The van der Waals surface area contributed by atoms with Gasteiger partial charge in [0.15, 0.2) is 5.76 Å². The Balaban J connectivity index is 0.000000234. The lowest BCUT2D eigenvalue weighted by atomic mass is 9.84. The van der Waals surface area contributed by atoms with E-state index in [2.05, 4.69) is 12.2 Å². The van der Waals surface area contributed by atoms with Crippen LogP contribution in [-0.4, -0.2) is 47.9 Å². The van der Waals surface area contributed by atoms with Crippen LogP contribution in [0.1, 0.15) is 57.6 Å². The summed E-state index contributed by atoms with van der Waals surface area (Å²) in [6.07, 6.45) is 12.4. The smallest absolute Gasteiger partial charge is 0.242 e. The van der Waals surface area contributed by atoms with Crippen LogP contribution in [0.25, 0.3) is 5.70 Å². The largest absolute Gasteiger partial charge is 0.463 e. The van der Waals surface area contributed by atoms with Crippen molar-refractivity contribution in [2.75, 3.05) is 13.6 Å². The van der Waals surface area contributed by atoms with E-state index in [1.165, 1.54) is 32.1 Å². The van der Waals surface area contributed by atoms with Gasteiger partial charge in [-0.3, -0.25) is 9.59 Å². The van der Waals surface area contributed by atoms with Gasteiger partial charge in [0, 0.05) is 25.8 Å². The number of likely N-dealkylation sites (tertiary alicyclic amines) is 1. The number of likely N-dealkylation sites (N-methyl/N-ethyl adjacent to an activating group) is 1. The van der Waals surface area contributed by atoms with Gasteiger partial charge in [0.1, 0.15) is 6.04 Å². The molecule has 0 radical (unpaired) electrons. The van der Waals surface area contributed by atoms with Gasteiger partial charge in [0.05, 0.1) is 12.0 Å². The van der Waals surface area contributed by atoms with Gasteiger partial charge < -0.3 is 25.4 Å². The molecule has 2 amide bonds. The first kappa shape index (κ1) is 22.8. The van der Waals surface area contributed by atoms with Crippen LogP contribution in [-0.2, 0) is 9.59 Å². The van der Waals surface area contributed by atoms with Crippen molar-refractivity contribution in [2.45, 2.75) is 64.0 Å². The van der Waals surface area contributed by atoms with E-state index in [9.17, 15) is 9.59 Å². The number of nitrogens with zero attached hydrogens (tertiary/aromatic N) is 2. The average molecular weight is 406 g/mol. The number of hydrazine groups is 1. The van der Waals surface area contributed by atoms with Gasteiger partial charge in [-0.2, -0.15) is 0 Å². The summed E-state index contributed by atoms with van der Waals surface area (Å²) in [6.45, 7) is 2.88. The SMILES string of the molecule is CC(C1CCCCC1)N(N)/C=C(\N)c1ccco1.CNC(=O)C1CCCN1C=O. The van der Waals surface area contributed by atoms with Crippen molar-refractivity contribution in [2.24, 2.45) is 17.5 Å². The van der Waals surface area contributed by atoms with Crippen LogP contribution in [0.15, 0.2) is 29.0 Å². The van der Waals surface area contributed by atoms with E-state index < -0.39 is 0 Å². The monoisotopic (exact) mass is 405 g/mol. The van der Waals surface area contributed by atoms with Gasteiger partial charge in [-0.1, -0.05) is 19.3 Å². The molecule has 2 heterocycles. The minimum Gasteiger partial charge on any atom is -0.463 e. The Kier molecular flexibility index (Phi) is 9.05. The van der Waals surface area contributed by atoms with Gasteiger partial charge in [-0.05, 0) is 50.7 Å². The van der Waals surface area contributed by atoms with Crippen molar-refractivity contribution < 1.29 is 14.0 Å². The Morgan fingerprint density at radius 3 is 2.62 bits per heavy atom. The van der Waals surface area contributed by atoms with Crippen LogP contribution in [0.3, 0.4) is 0 Å². The van der Waals surface area contributed by atoms with Gasteiger partial charge in [0.25, 0.3) is 0 Å². The lowest BCUT2D eigenvalue weighted by Crippen LogP contribution is -2.41. The number of hydrogen-bond donors (Lipinski definition) is 3. The zero-order valence-electron chi connectivity index (χ0n) is 17.5. The van der Waals surface area contributed by atoms with Gasteiger partial charge >= 0.3 is 0 Å². The first-order valence-corrected chi connectivity index (χ1v) is 10.4. The fourth-order valence-electron chi connectivity index (χ4n) is 4.01. The molecule has 1 aliphatic carbocycles.